The van der Waals surface area contributed by atoms with E-state index in [9.17, 15) is 0 Å². The van der Waals surface area contributed by atoms with Gasteiger partial charge in [-0.3, -0.25) is 0 Å². The van der Waals surface area contributed by atoms with Gasteiger partial charge in [0, 0.05) is 0 Å². The third-order valence-corrected chi connectivity index (χ3v) is 79.4. The zero-order valence-corrected chi connectivity index (χ0v) is 57.1. The first-order valence-corrected chi connectivity index (χ1v) is 59.3. The zero-order valence-electron chi connectivity index (χ0n) is 45.8. The molecule has 0 aromatic heterocycles. The Bertz CT molecular complexity index is 2110. The average molecular weight is 1140 g/mol. The summed E-state index contributed by atoms with van der Waals surface area (Å²) in [5.74, 6) is 1.33. The van der Waals surface area contributed by atoms with Crippen LogP contribution in [0.25, 0.3) is 0 Å². The van der Waals surface area contributed by atoms with E-state index in [0.29, 0.717) is 33.2 Å². The molecule has 0 spiro atoms. The SMILES string of the molecule is CC(C)c1cc(C(C)C)[c]([Sn]2([c]3c(C([Si](C)(C)C)[Si](C)(C)C)cc(C([Si](C)(C)C)[Si](C)(C)C)cc3C([Si](C)(C)C)[Si](C)(C)C)[S]SC(c3ccccc3)(c3ccccc3)[S]2)c(C(C)C)c1. The van der Waals surface area contributed by atoms with Crippen LogP contribution in [0.1, 0.15) is 119 Å². The number of benzene rings is 4. The predicted octanol–water partition coefficient (Wildman–Crippen LogP) is 18.2. The van der Waals surface area contributed by atoms with E-state index in [-0.39, 0.29) is 4.08 Å². The summed E-state index contributed by atoms with van der Waals surface area (Å²) in [5.41, 5.74) is 13.2. The Balaban J connectivity index is 2.28. The first-order chi connectivity index (χ1) is 29.5. The van der Waals surface area contributed by atoms with Crippen LogP contribution in [0.5, 0.6) is 0 Å². The number of hydrogen-bond donors (Lipinski definition) is 0. The van der Waals surface area contributed by atoms with E-state index in [1.165, 1.54) is 16.7 Å². The molecule has 0 nitrogen and oxygen atoms in total. The van der Waals surface area contributed by atoms with E-state index in [0.717, 1.165) is 0 Å². The summed E-state index contributed by atoms with van der Waals surface area (Å²) in [6.07, 6.45) is 0. The molecule has 1 saturated heterocycles. The van der Waals surface area contributed by atoms with E-state index in [4.69, 9.17) is 0 Å². The Kier molecular flexibility index (Phi) is 17.1. The van der Waals surface area contributed by atoms with Crippen molar-refractivity contribution in [1.82, 2.24) is 0 Å². The molecule has 0 amide bonds. The van der Waals surface area contributed by atoms with Gasteiger partial charge in [0.15, 0.2) is 0 Å². The molecule has 1 aliphatic rings. The molecule has 5 rings (SSSR count). The second-order valence-corrected chi connectivity index (χ2v) is 86.3. The molecule has 1 atom stereocenters. The maximum absolute atomic E-state index is 4.23. The van der Waals surface area contributed by atoms with Gasteiger partial charge in [0.2, 0.25) is 0 Å². The normalized spacial score (nSPS) is 18.1. The van der Waals surface area contributed by atoms with E-state index in [2.05, 4.69) is 272 Å². The van der Waals surface area contributed by atoms with Gasteiger partial charge in [-0.25, -0.2) is 0 Å². The van der Waals surface area contributed by atoms with E-state index < -0.39 is 64.1 Å². The van der Waals surface area contributed by atoms with Gasteiger partial charge in [-0.1, -0.05) is 0 Å². The Morgan fingerprint density at radius 3 is 0.985 bits per heavy atom. The van der Waals surface area contributed by atoms with Crippen molar-refractivity contribution in [2.24, 2.45) is 0 Å². The van der Waals surface area contributed by atoms with E-state index >= 15 is 0 Å². The number of rotatable bonds is 16. The van der Waals surface area contributed by atoms with Gasteiger partial charge >= 0.3 is 425 Å². The fourth-order valence-electron chi connectivity index (χ4n) is 13.2. The molecular formula is C55H92S3Si6Sn. The molecule has 358 valence electrons. The quantitative estimate of drug-likeness (QED) is 0.0811. The van der Waals surface area contributed by atoms with Crippen LogP contribution in [0, 0.1) is 0 Å². The minimum atomic E-state index is -4.23. The molecule has 1 unspecified atom stereocenters. The van der Waals surface area contributed by atoms with Crippen molar-refractivity contribution in [1.29, 1.82) is 0 Å². The van der Waals surface area contributed by atoms with Crippen molar-refractivity contribution in [3.05, 3.63) is 129 Å². The fourth-order valence-corrected chi connectivity index (χ4v) is 105. The average Bonchev–Trinajstić information content (AvgIpc) is 3.53. The van der Waals surface area contributed by atoms with Crippen molar-refractivity contribution < 1.29 is 0 Å². The summed E-state index contributed by atoms with van der Waals surface area (Å²) in [6, 6.07) is 35.1. The van der Waals surface area contributed by atoms with Gasteiger partial charge in [0.1, 0.15) is 0 Å². The second kappa shape index (κ2) is 19.9. The first kappa shape index (κ1) is 56.0. The topological polar surface area (TPSA) is 0 Å². The van der Waals surface area contributed by atoms with Crippen molar-refractivity contribution in [3.63, 3.8) is 0 Å². The van der Waals surface area contributed by atoms with Crippen LogP contribution in [0.2, 0.25) is 118 Å². The fraction of sp³-hybridized carbons (Fsp3) is 0.564. The second-order valence-electron chi connectivity index (χ2n) is 27.3. The maximum atomic E-state index is 3.02. The van der Waals surface area contributed by atoms with Gasteiger partial charge in [-0.05, 0) is 0 Å². The standard InChI is InChI=1S/C27H59Si6.C15H23.C13H12S3.Sn/c1-28(2,3)25(29(4,5)6)22-19-23(26(30(7,8)9)31(10,11)12)21-24(20-22)27(32(13,14)15)33(16,17)18;1-10(2)13-7-14(11(3)4)9-15(8-13)12(5)6;14-13(16-15,11-7-3-1-4-8-11)12-9-5-2-6-10-12;/h19-20,25-27H,1-18H3;7-8,10-12H,1-6H3;1-10,14-15H;/q;;;+2/p-2. The van der Waals surface area contributed by atoms with E-state index in [1.54, 1.807) is 16.7 Å². The summed E-state index contributed by atoms with van der Waals surface area (Å²) < 4.78 is 3.55. The third-order valence-electron chi connectivity index (χ3n) is 14.0. The van der Waals surface area contributed by atoms with Gasteiger partial charge in [0.05, 0.1) is 0 Å². The van der Waals surface area contributed by atoms with Gasteiger partial charge in [-0.2, -0.15) is 0 Å². The van der Waals surface area contributed by atoms with Gasteiger partial charge in [0.25, 0.3) is 0 Å². The Labute approximate surface area is 420 Å². The van der Waals surface area contributed by atoms with Crippen LogP contribution in [-0.2, 0) is 4.08 Å². The molecule has 0 saturated carbocycles. The van der Waals surface area contributed by atoms with Crippen LogP contribution in [0.3, 0.4) is 0 Å². The molecule has 0 radical (unpaired) electrons. The van der Waals surface area contributed by atoms with Crippen molar-refractivity contribution >= 4 is 98.9 Å². The van der Waals surface area contributed by atoms with Crippen LogP contribution in [0.15, 0.2) is 84.9 Å². The predicted molar refractivity (Wildman–Crippen MR) is 325 cm³/mol. The Morgan fingerprint density at radius 2 is 0.692 bits per heavy atom. The van der Waals surface area contributed by atoms with Crippen LogP contribution in [0.4, 0.5) is 0 Å². The summed E-state index contributed by atoms with van der Waals surface area (Å²) in [5, 5.41) is 1.97. The summed E-state index contributed by atoms with van der Waals surface area (Å²) >= 11 is -4.23. The van der Waals surface area contributed by atoms with Crippen LogP contribution >= 0.6 is 27.7 Å². The Hall–Kier alpha value is 0.0300. The summed E-state index contributed by atoms with van der Waals surface area (Å²) in [6.45, 7) is 64.3. The molecule has 4 aromatic rings. The molecule has 1 fully saturated rings. The summed E-state index contributed by atoms with van der Waals surface area (Å²) in [7, 11) is -3.33. The first-order valence-electron chi connectivity index (χ1n) is 25.0. The Morgan fingerprint density at radius 1 is 0.385 bits per heavy atom. The molecule has 1 heterocycles. The molecule has 0 aliphatic carbocycles. The van der Waals surface area contributed by atoms with Crippen molar-refractivity contribution in [2.45, 2.75) is 197 Å². The molecule has 10 heteroatoms. The molecule has 1 aliphatic heterocycles. The van der Waals surface area contributed by atoms with Gasteiger partial charge in [-0.15, -0.1) is 0 Å². The molecule has 0 bridgehead atoms. The minimum absolute atomic E-state index is 0.240. The third kappa shape index (κ3) is 11.7. The molecule has 0 N–H and O–H groups in total. The molecule has 65 heavy (non-hydrogen) atoms. The van der Waals surface area contributed by atoms with Crippen LogP contribution in [-0.4, -0.2) is 64.1 Å². The monoisotopic (exact) mass is 1140 g/mol. The summed E-state index contributed by atoms with van der Waals surface area (Å²) in [4.78, 5) is 0. The zero-order chi connectivity index (χ0) is 49.3. The van der Waals surface area contributed by atoms with Gasteiger partial charge < -0.3 is 0 Å². The van der Waals surface area contributed by atoms with Crippen molar-refractivity contribution in [3.8, 4) is 0 Å². The molecule has 4 aromatic carbocycles. The van der Waals surface area contributed by atoms with Crippen molar-refractivity contribution in [2.75, 3.05) is 0 Å². The van der Waals surface area contributed by atoms with E-state index in [1.807, 2.05) is 18.3 Å². The number of hydrogen-bond acceptors (Lipinski definition) is 3. The van der Waals surface area contributed by atoms with Crippen LogP contribution < -0.4 is 7.16 Å². The molecular weight excluding hydrogens is 1040 g/mol.